The molecule has 1 aromatic heterocycles. The maximum atomic E-state index is 13.0. The predicted octanol–water partition coefficient (Wildman–Crippen LogP) is 3.39. The van der Waals surface area contributed by atoms with Gasteiger partial charge in [0, 0.05) is 17.5 Å². The Morgan fingerprint density at radius 2 is 2.04 bits per heavy atom. The Kier molecular flexibility index (Phi) is 4.55. The van der Waals surface area contributed by atoms with Crippen LogP contribution in [-0.4, -0.2) is 15.9 Å². The van der Waals surface area contributed by atoms with E-state index in [1.807, 2.05) is 0 Å². The van der Waals surface area contributed by atoms with Crippen LogP contribution in [0.3, 0.4) is 0 Å². The quantitative estimate of drug-likeness (QED) is 0.659. The molecule has 0 aliphatic rings. The second-order valence-corrected chi connectivity index (χ2v) is 4.79. The zero-order valence-corrected chi connectivity index (χ0v) is 12.2. The average molecular weight is 343 g/mol. The fourth-order valence-corrected chi connectivity index (χ4v) is 1.86. The van der Waals surface area contributed by atoms with Gasteiger partial charge in [-0.15, -0.1) is 0 Å². The Bertz CT molecular complexity index is 777. The van der Waals surface area contributed by atoms with Crippen LogP contribution in [0.15, 0.2) is 37.0 Å². The van der Waals surface area contributed by atoms with E-state index in [1.165, 1.54) is 18.2 Å². The first-order valence-corrected chi connectivity index (χ1v) is 6.52. The molecule has 0 aliphatic heterocycles. The number of amides is 1. The molecule has 9 heteroatoms. The molecule has 23 heavy (non-hydrogen) atoms. The van der Waals surface area contributed by atoms with Crippen molar-refractivity contribution in [3.8, 4) is 0 Å². The van der Waals surface area contributed by atoms with Crippen molar-refractivity contribution in [2.75, 3.05) is 5.32 Å². The molecule has 1 amide bonds. The first kappa shape index (κ1) is 16.8. The molecule has 120 valence electrons. The summed E-state index contributed by atoms with van der Waals surface area (Å²) in [4.78, 5) is 18.0. The number of nitrogens with one attached hydrogen (secondary N) is 1. The van der Waals surface area contributed by atoms with E-state index < -0.39 is 23.5 Å². The molecule has 2 aromatic rings. The fourth-order valence-electron chi connectivity index (χ4n) is 1.73. The van der Waals surface area contributed by atoms with E-state index in [9.17, 15) is 18.0 Å². The minimum absolute atomic E-state index is 0.0328. The van der Waals surface area contributed by atoms with Crippen molar-refractivity contribution in [2.45, 2.75) is 6.18 Å². The molecule has 0 saturated heterocycles. The van der Waals surface area contributed by atoms with Crippen LogP contribution < -0.4 is 11.1 Å². The van der Waals surface area contributed by atoms with Crippen molar-refractivity contribution in [2.24, 2.45) is 5.73 Å². The summed E-state index contributed by atoms with van der Waals surface area (Å²) < 4.78 is 38.9. The topological polar surface area (TPSA) is 80.9 Å². The highest BCUT2D eigenvalue weighted by molar-refractivity contribution is 6.28. The van der Waals surface area contributed by atoms with Crippen LogP contribution in [0, 0.1) is 0 Å². The molecule has 0 unspecified atom stereocenters. The lowest BCUT2D eigenvalue weighted by atomic mass is 10.1. The number of carbonyl (C=O) groups is 1. The van der Waals surface area contributed by atoms with Crippen molar-refractivity contribution in [3.63, 3.8) is 0 Å². The number of primary amides is 1. The molecule has 5 nitrogen and oxygen atoms in total. The molecule has 0 aliphatic carbocycles. The standard InChI is InChI=1S/C14H10ClF3N4O/c1-7(11(19)23)8-3-2-4-9(5-8)21-12-10(14(16,17)18)6-20-13(15)22-12/h2-6H,1H2,(H2,19,23)(H,20,21,22). The molecule has 2 rings (SSSR count). The smallest absolute Gasteiger partial charge is 0.366 e. The zero-order valence-electron chi connectivity index (χ0n) is 11.5. The molecule has 0 spiro atoms. The number of benzene rings is 1. The van der Waals surface area contributed by atoms with Crippen LogP contribution in [0.2, 0.25) is 5.28 Å². The first-order chi connectivity index (χ1) is 10.7. The number of nitrogens with two attached hydrogens (primary N) is 1. The van der Waals surface area contributed by atoms with Gasteiger partial charge in [0.1, 0.15) is 11.4 Å². The van der Waals surface area contributed by atoms with Gasteiger partial charge in [-0.3, -0.25) is 4.79 Å². The molecule has 0 radical (unpaired) electrons. The number of rotatable bonds is 4. The number of hydrogen-bond donors (Lipinski definition) is 2. The summed E-state index contributed by atoms with van der Waals surface area (Å²) in [6.45, 7) is 3.51. The minimum atomic E-state index is -4.65. The number of halogens is 4. The van der Waals surface area contributed by atoms with Gasteiger partial charge in [-0.25, -0.2) is 4.98 Å². The van der Waals surface area contributed by atoms with Gasteiger partial charge in [0.2, 0.25) is 11.2 Å². The van der Waals surface area contributed by atoms with Crippen LogP contribution in [0.4, 0.5) is 24.7 Å². The molecular formula is C14H10ClF3N4O. The Balaban J connectivity index is 2.40. The van der Waals surface area contributed by atoms with Gasteiger partial charge in [0.05, 0.1) is 0 Å². The summed E-state index contributed by atoms with van der Waals surface area (Å²) in [6.07, 6.45) is -4.06. The first-order valence-electron chi connectivity index (χ1n) is 6.14. The fraction of sp³-hybridized carbons (Fsp3) is 0.0714. The SMILES string of the molecule is C=C(C(N)=O)c1cccc(Nc2nc(Cl)ncc2C(F)(F)F)c1. The highest BCUT2D eigenvalue weighted by atomic mass is 35.5. The normalized spacial score (nSPS) is 11.1. The number of anilines is 2. The van der Waals surface area contributed by atoms with E-state index in [4.69, 9.17) is 17.3 Å². The largest absolute Gasteiger partial charge is 0.421 e. The van der Waals surface area contributed by atoms with Crippen molar-refractivity contribution >= 4 is 34.6 Å². The van der Waals surface area contributed by atoms with Gasteiger partial charge < -0.3 is 11.1 Å². The lowest BCUT2D eigenvalue weighted by Gasteiger charge is -2.14. The summed E-state index contributed by atoms with van der Waals surface area (Å²) in [5.41, 5.74) is 4.72. The Labute approximate surface area is 134 Å². The third-order valence-corrected chi connectivity index (χ3v) is 3.02. The summed E-state index contributed by atoms with van der Waals surface area (Å²) in [6, 6.07) is 5.99. The summed E-state index contributed by atoms with van der Waals surface area (Å²) in [7, 11) is 0. The minimum Gasteiger partial charge on any atom is -0.366 e. The highest BCUT2D eigenvalue weighted by Crippen LogP contribution is 2.35. The van der Waals surface area contributed by atoms with Gasteiger partial charge in [-0.2, -0.15) is 18.2 Å². The van der Waals surface area contributed by atoms with Crippen molar-refractivity contribution in [3.05, 3.63) is 53.5 Å². The maximum Gasteiger partial charge on any atom is 0.421 e. The number of aromatic nitrogens is 2. The average Bonchev–Trinajstić information content (AvgIpc) is 2.45. The van der Waals surface area contributed by atoms with Crippen molar-refractivity contribution in [1.29, 1.82) is 0 Å². The second-order valence-electron chi connectivity index (χ2n) is 4.45. The third-order valence-electron chi connectivity index (χ3n) is 2.84. The van der Waals surface area contributed by atoms with E-state index in [-0.39, 0.29) is 16.5 Å². The second kappa shape index (κ2) is 6.25. The van der Waals surface area contributed by atoms with Crippen LogP contribution in [0.1, 0.15) is 11.1 Å². The molecule has 1 heterocycles. The van der Waals surface area contributed by atoms with Gasteiger partial charge in [-0.05, 0) is 29.3 Å². The Hall–Kier alpha value is -2.61. The molecule has 0 atom stereocenters. The summed E-state index contributed by atoms with van der Waals surface area (Å²) >= 11 is 5.55. The third kappa shape index (κ3) is 3.98. The molecule has 1 aromatic carbocycles. The molecular weight excluding hydrogens is 333 g/mol. The number of alkyl halides is 3. The zero-order chi connectivity index (χ0) is 17.2. The number of hydrogen-bond acceptors (Lipinski definition) is 4. The van der Waals surface area contributed by atoms with Crippen LogP contribution in [0.5, 0.6) is 0 Å². The molecule has 3 N–H and O–H groups in total. The van der Waals surface area contributed by atoms with Gasteiger partial charge in [0.25, 0.3) is 0 Å². The van der Waals surface area contributed by atoms with E-state index in [2.05, 4.69) is 21.9 Å². The van der Waals surface area contributed by atoms with Crippen molar-refractivity contribution < 1.29 is 18.0 Å². The van der Waals surface area contributed by atoms with E-state index in [0.717, 1.165) is 0 Å². The number of carbonyl (C=O) groups excluding carboxylic acids is 1. The summed E-state index contributed by atoms with van der Waals surface area (Å²) in [5, 5.41) is 2.17. The molecule has 0 fully saturated rings. The summed E-state index contributed by atoms with van der Waals surface area (Å²) in [5.74, 6) is -1.23. The molecule has 0 bridgehead atoms. The lowest BCUT2D eigenvalue weighted by molar-refractivity contribution is -0.137. The van der Waals surface area contributed by atoms with Crippen LogP contribution in [-0.2, 0) is 11.0 Å². The maximum absolute atomic E-state index is 13.0. The van der Waals surface area contributed by atoms with Gasteiger partial charge in [-0.1, -0.05) is 18.7 Å². The van der Waals surface area contributed by atoms with Gasteiger partial charge >= 0.3 is 6.18 Å². The lowest BCUT2D eigenvalue weighted by Crippen LogP contribution is -2.13. The van der Waals surface area contributed by atoms with E-state index >= 15 is 0 Å². The highest BCUT2D eigenvalue weighted by Gasteiger charge is 2.35. The molecule has 0 saturated carbocycles. The monoisotopic (exact) mass is 342 g/mol. The van der Waals surface area contributed by atoms with E-state index in [1.54, 1.807) is 6.07 Å². The number of nitrogens with zero attached hydrogens (tertiary/aromatic N) is 2. The Morgan fingerprint density at radius 1 is 1.35 bits per heavy atom. The Morgan fingerprint density at radius 3 is 2.65 bits per heavy atom. The van der Waals surface area contributed by atoms with Crippen LogP contribution >= 0.6 is 11.6 Å². The van der Waals surface area contributed by atoms with E-state index in [0.29, 0.717) is 11.8 Å². The van der Waals surface area contributed by atoms with Gasteiger partial charge in [0.15, 0.2) is 0 Å². The van der Waals surface area contributed by atoms with Crippen molar-refractivity contribution in [1.82, 2.24) is 9.97 Å². The predicted molar refractivity (Wildman–Crippen MR) is 80.0 cm³/mol. The van der Waals surface area contributed by atoms with Crippen LogP contribution in [0.25, 0.3) is 5.57 Å².